The first-order chi connectivity index (χ1) is 13.4. The summed E-state index contributed by atoms with van der Waals surface area (Å²) in [6.07, 6.45) is 0.620. The first-order valence-corrected chi connectivity index (χ1v) is 9.38. The van der Waals surface area contributed by atoms with Gasteiger partial charge in [0.05, 0.1) is 23.3 Å². The van der Waals surface area contributed by atoms with Crippen LogP contribution >= 0.6 is 11.6 Å². The van der Waals surface area contributed by atoms with Crippen LogP contribution in [0.2, 0.25) is 5.02 Å². The summed E-state index contributed by atoms with van der Waals surface area (Å²) in [4.78, 5) is 39.8. The predicted octanol–water partition coefficient (Wildman–Crippen LogP) is 4.00. The Kier molecular flexibility index (Phi) is 5.70. The van der Waals surface area contributed by atoms with Crippen molar-refractivity contribution in [2.75, 3.05) is 12.4 Å². The third-order valence-corrected chi connectivity index (χ3v) is 5.27. The molecule has 6 nitrogen and oxygen atoms in total. The molecule has 7 heteroatoms. The average molecular weight is 401 g/mol. The lowest BCUT2D eigenvalue weighted by atomic mass is 9.96. The van der Waals surface area contributed by atoms with Gasteiger partial charge in [0.15, 0.2) is 0 Å². The maximum Gasteiger partial charge on any atom is 0.262 e. The fourth-order valence-corrected chi connectivity index (χ4v) is 3.53. The number of hydrogen-bond donors (Lipinski definition) is 1. The molecule has 0 radical (unpaired) electrons. The zero-order chi connectivity index (χ0) is 20.4. The van der Waals surface area contributed by atoms with Crippen molar-refractivity contribution in [3.8, 4) is 5.75 Å². The standard InChI is InChI=1S/C21H21ClN2O4/c1-4-12(2)18(19(25)23-13-9-10-17(28-3)16(22)11-13)24-20(26)14-7-5-6-8-15(14)21(24)27/h5-12,18H,4H2,1-3H3,(H,23,25). The van der Waals surface area contributed by atoms with Crippen LogP contribution in [0.4, 0.5) is 5.69 Å². The molecular weight excluding hydrogens is 380 g/mol. The lowest BCUT2D eigenvalue weighted by Gasteiger charge is -2.29. The number of halogens is 1. The molecule has 3 rings (SSSR count). The van der Waals surface area contributed by atoms with E-state index in [9.17, 15) is 14.4 Å². The zero-order valence-electron chi connectivity index (χ0n) is 15.9. The number of methoxy groups -OCH3 is 1. The van der Waals surface area contributed by atoms with Crippen molar-refractivity contribution >= 4 is 35.0 Å². The van der Waals surface area contributed by atoms with Crippen LogP contribution in [-0.4, -0.2) is 35.8 Å². The largest absolute Gasteiger partial charge is 0.495 e. The fraction of sp³-hybridized carbons (Fsp3) is 0.286. The van der Waals surface area contributed by atoms with Gasteiger partial charge in [0.1, 0.15) is 11.8 Å². The van der Waals surface area contributed by atoms with Crippen molar-refractivity contribution in [3.05, 3.63) is 58.6 Å². The zero-order valence-corrected chi connectivity index (χ0v) is 16.6. The third-order valence-electron chi connectivity index (χ3n) is 4.97. The van der Waals surface area contributed by atoms with Crippen LogP contribution in [0.3, 0.4) is 0 Å². The SMILES string of the molecule is CCC(C)C(C(=O)Nc1ccc(OC)c(Cl)c1)N1C(=O)c2ccccc2C1=O. The average Bonchev–Trinajstić information content (AvgIpc) is 2.93. The summed E-state index contributed by atoms with van der Waals surface area (Å²) in [5, 5.41) is 3.12. The van der Waals surface area contributed by atoms with Crippen molar-refractivity contribution in [2.24, 2.45) is 5.92 Å². The molecule has 0 aliphatic carbocycles. The fourth-order valence-electron chi connectivity index (χ4n) is 3.27. The number of hydrogen-bond acceptors (Lipinski definition) is 4. The summed E-state index contributed by atoms with van der Waals surface area (Å²) in [5.74, 6) is -1.08. The topological polar surface area (TPSA) is 75.7 Å². The number of ether oxygens (including phenoxy) is 1. The van der Waals surface area contributed by atoms with Gasteiger partial charge in [-0.05, 0) is 36.2 Å². The first kappa shape index (κ1) is 19.9. The quantitative estimate of drug-likeness (QED) is 0.743. The van der Waals surface area contributed by atoms with Gasteiger partial charge in [-0.1, -0.05) is 44.0 Å². The van der Waals surface area contributed by atoms with E-state index in [1.807, 2.05) is 13.8 Å². The van der Waals surface area contributed by atoms with Crippen LogP contribution in [0, 0.1) is 5.92 Å². The van der Waals surface area contributed by atoms with Crippen molar-refractivity contribution < 1.29 is 19.1 Å². The highest BCUT2D eigenvalue weighted by molar-refractivity contribution is 6.32. The van der Waals surface area contributed by atoms with E-state index in [-0.39, 0.29) is 5.92 Å². The Bertz CT molecular complexity index is 909. The van der Waals surface area contributed by atoms with Gasteiger partial charge in [0.25, 0.3) is 11.8 Å². The maximum absolute atomic E-state index is 13.1. The molecule has 0 saturated heterocycles. The van der Waals surface area contributed by atoms with Crippen molar-refractivity contribution in [3.63, 3.8) is 0 Å². The lowest BCUT2D eigenvalue weighted by Crippen LogP contribution is -2.50. The number of imide groups is 1. The van der Waals surface area contributed by atoms with Gasteiger partial charge >= 0.3 is 0 Å². The van der Waals surface area contributed by atoms with Crippen molar-refractivity contribution in [1.29, 1.82) is 0 Å². The normalized spacial score (nSPS) is 15.2. The molecule has 0 bridgehead atoms. The van der Waals surface area contributed by atoms with E-state index < -0.39 is 23.8 Å². The molecule has 0 saturated carbocycles. The molecule has 0 aromatic heterocycles. The van der Waals surface area contributed by atoms with Crippen molar-refractivity contribution in [2.45, 2.75) is 26.3 Å². The highest BCUT2D eigenvalue weighted by Crippen LogP contribution is 2.30. The number of anilines is 1. The minimum absolute atomic E-state index is 0.226. The van der Waals surface area contributed by atoms with E-state index in [1.165, 1.54) is 7.11 Å². The summed E-state index contributed by atoms with van der Waals surface area (Å²) in [7, 11) is 1.50. The minimum Gasteiger partial charge on any atom is -0.495 e. The molecule has 2 aromatic carbocycles. The Balaban J connectivity index is 1.91. The van der Waals surface area contributed by atoms with Crippen LogP contribution in [0.5, 0.6) is 5.75 Å². The van der Waals surface area contributed by atoms with Crippen molar-refractivity contribution in [1.82, 2.24) is 4.90 Å². The molecule has 2 unspecified atom stereocenters. The number of rotatable bonds is 6. The Morgan fingerprint density at radius 3 is 2.25 bits per heavy atom. The van der Waals surface area contributed by atoms with Gasteiger partial charge in [-0.2, -0.15) is 0 Å². The highest BCUT2D eigenvalue weighted by atomic mass is 35.5. The Labute approximate surface area is 168 Å². The van der Waals surface area contributed by atoms with E-state index in [0.29, 0.717) is 34.0 Å². The van der Waals surface area contributed by atoms with Crippen LogP contribution in [-0.2, 0) is 4.79 Å². The number of benzene rings is 2. The molecule has 1 aliphatic rings. The molecule has 28 heavy (non-hydrogen) atoms. The molecule has 146 valence electrons. The van der Waals surface area contributed by atoms with E-state index in [2.05, 4.69) is 5.32 Å². The number of fused-ring (bicyclic) bond motifs is 1. The van der Waals surface area contributed by atoms with Crippen LogP contribution in [0.1, 0.15) is 41.0 Å². The lowest BCUT2D eigenvalue weighted by molar-refractivity contribution is -0.121. The summed E-state index contributed by atoms with van der Waals surface area (Å²) >= 11 is 6.12. The molecule has 1 aliphatic heterocycles. The summed E-state index contributed by atoms with van der Waals surface area (Å²) in [6.45, 7) is 3.75. The molecule has 0 spiro atoms. The summed E-state index contributed by atoms with van der Waals surface area (Å²) in [5.41, 5.74) is 1.10. The van der Waals surface area contributed by atoms with Gasteiger partial charge in [-0.3, -0.25) is 19.3 Å². The highest BCUT2D eigenvalue weighted by Gasteiger charge is 2.44. The second kappa shape index (κ2) is 8.02. The second-order valence-corrected chi connectivity index (χ2v) is 7.10. The van der Waals surface area contributed by atoms with Crippen LogP contribution in [0.15, 0.2) is 42.5 Å². The first-order valence-electron chi connectivity index (χ1n) is 9.00. The molecule has 3 amide bonds. The number of nitrogens with zero attached hydrogens (tertiary/aromatic N) is 1. The summed E-state index contributed by atoms with van der Waals surface area (Å²) in [6, 6.07) is 10.5. The molecule has 1 heterocycles. The van der Waals surface area contributed by atoms with E-state index in [1.54, 1.807) is 42.5 Å². The maximum atomic E-state index is 13.1. The molecule has 0 fully saturated rings. The Hall–Kier alpha value is -2.86. The Morgan fingerprint density at radius 1 is 1.14 bits per heavy atom. The summed E-state index contributed by atoms with van der Waals surface area (Å²) < 4.78 is 5.11. The van der Waals surface area contributed by atoms with Gasteiger partial charge < -0.3 is 10.1 Å². The molecule has 2 atom stereocenters. The van der Waals surface area contributed by atoms with E-state index >= 15 is 0 Å². The molecule has 2 aromatic rings. The van der Waals surface area contributed by atoms with Crippen LogP contribution in [0.25, 0.3) is 0 Å². The smallest absolute Gasteiger partial charge is 0.262 e. The second-order valence-electron chi connectivity index (χ2n) is 6.69. The molecular formula is C21H21ClN2O4. The van der Waals surface area contributed by atoms with Gasteiger partial charge in [-0.25, -0.2) is 0 Å². The van der Waals surface area contributed by atoms with Crippen LogP contribution < -0.4 is 10.1 Å². The third kappa shape index (κ3) is 3.47. The van der Waals surface area contributed by atoms with E-state index in [0.717, 1.165) is 4.90 Å². The van der Waals surface area contributed by atoms with Gasteiger partial charge in [0.2, 0.25) is 5.91 Å². The number of nitrogens with one attached hydrogen (secondary N) is 1. The van der Waals surface area contributed by atoms with Gasteiger partial charge in [0, 0.05) is 5.69 Å². The van der Waals surface area contributed by atoms with Gasteiger partial charge in [-0.15, -0.1) is 0 Å². The monoisotopic (exact) mass is 400 g/mol. The van der Waals surface area contributed by atoms with E-state index in [4.69, 9.17) is 16.3 Å². The minimum atomic E-state index is -0.932. The number of carbonyl (C=O) groups excluding carboxylic acids is 3. The Morgan fingerprint density at radius 2 is 1.75 bits per heavy atom. The number of amides is 3. The number of carbonyl (C=O) groups is 3. The predicted molar refractivity (Wildman–Crippen MR) is 107 cm³/mol. The molecule has 1 N–H and O–H groups in total.